The molecule has 15 heavy (non-hydrogen) atoms. The highest BCUT2D eigenvalue weighted by atomic mass is 32.2. The molecule has 2 nitrogen and oxygen atoms in total. The average Bonchev–Trinajstić information content (AvgIpc) is 2.24. The first-order chi connectivity index (χ1) is 7.04. The van der Waals surface area contributed by atoms with Gasteiger partial charge in [-0.3, -0.25) is 9.36 Å². The molecule has 1 aromatic heterocycles. The molecule has 0 aliphatic carbocycles. The van der Waals surface area contributed by atoms with E-state index in [0.717, 1.165) is 21.9 Å². The zero-order chi connectivity index (χ0) is 11.6. The first kappa shape index (κ1) is 12.1. The molecule has 1 aromatic rings. The van der Waals surface area contributed by atoms with E-state index in [4.69, 9.17) is 0 Å². The van der Waals surface area contributed by atoms with Crippen LogP contribution in [0.4, 0.5) is 0 Å². The normalized spacial score (nSPS) is 10.4. The molecule has 0 N–H and O–H groups in total. The monoisotopic (exact) mass is 223 g/mol. The van der Waals surface area contributed by atoms with Crippen molar-refractivity contribution < 1.29 is 0 Å². The van der Waals surface area contributed by atoms with Crippen molar-refractivity contribution in [3.63, 3.8) is 0 Å². The quantitative estimate of drug-likeness (QED) is 0.735. The Balaban J connectivity index is 3.62. The third-order valence-corrected chi connectivity index (χ3v) is 3.73. The summed E-state index contributed by atoms with van der Waals surface area (Å²) in [5.41, 5.74) is 3.13. The highest BCUT2D eigenvalue weighted by Crippen LogP contribution is 2.24. The summed E-state index contributed by atoms with van der Waals surface area (Å²) in [5, 5.41) is 1.01. The van der Waals surface area contributed by atoms with Crippen LogP contribution in [0.1, 0.15) is 23.6 Å². The second kappa shape index (κ2) is 4.71. The second-order valence-corrected chi connectivity index (χ2v) is 4.72. The van der Waals surface area contributed by atoms with Gasteiger partial charge in [-0.25, -0.2) is 0 Å². The Kier molecular flexibility index (Phi) is 3.80. The van der Waals surface area contributed by atoms with E-state index in [1.54, 1.807) is 22.5 Å². The Hall–Kier alpha value is -0.960. The van der Waals surface area contributed by atoms with E-state index in [1.165, 1.54) is 5.56 Å². The van der Waals surface area contributed by atoms with Crippen molar-refractivity contribution in [3.8, 4) is 0 Å². The lowest BCUT2D eigenvalue weighted by Gasteiger charge is -2.14. The van der Waals surface area contributed by atoms with Crippen LogP contribution < -0.4 is 5.56 Å². The number of hydrogen-bond donors (Lipinski definition) is 0. The molecule has 0 aromatic carbocycles. The van der Waals surface area contributed by atoms with Crippen LogP contribution in [0.15, 0.2) is 16.4 Å². The summed E-state index contributed by atoms with van der Waals surface area (Å²) in [6.07, 6.45) is 1.60. The van der Waals surface area contributed by atoms with Gasteiger partial charge >= 0.3 is 0 Å². The minimum atomic E-state index is 0.0454. The van der Waals surface area contributed by atoms with Crippen molar-refractivity contribution in [2.24, 2.45) is 0 Å². The average molecular weight is 223 g/mol. The number of rotatable bonds is 3. The molecular formula is C12H17NOS. The maximum Gasteiger partial charge on any atom is 0.258 e. The predicted molar refractivity (Wildman–Crippen MR) is 67.7 cm³/mol. The summed E-state index contributed by atoms with van der Waals surface area (Å²) in [6.45, 7) is 11.7. The lowest BCUT2D eigenvalue weighted by molar-refractivity contribution is 0.876. The van der Waals surface area contributed by atoms with Crippen molar-refractivity contribution in [2.75, 3.05) is 5.75 Å². The molecule has 0 atom stereocenters. The summed E-state index contributed by atoms with van der Waals surface area (Å²) in [7, 11) is 0. The molecule has 3 heteroatoms. The van der Waals surface area contributed by atoms with Crippen LogP contribution in [-0.2, 0) is 0 Å². The molecule has 0 fully saturated rings. The van der Waals surface area contributed by atoms with E-state index in [1.807, 2.05) is 13.8 Å². The third-order valence-electron chi connectivity index (χ3n) is 2.67. The number of nitrogens with zero attached hydrogens (tertiary/aromatic N) is 1. The van der Waals surface area contributed by atoms with E-state index in [2.05, 4.69) is 20.4 Å². The van der Waals surface area contributed by atoms with Crippen molar-refractivity contribution in [3.05, 3.63) is 33.6 Å². The predicted octanol–water partition coefficient (Wildman–Crippen LogP) is 2.99. The maximum absolute atomic E-state index is 11.9. The van der Waals surface area contributed by atoms with Gasteiger partial charge in [-0.2, -0.15) is 0 Å². The van der Waals surface area contributed by atoms with Gasteiger partial charge in [0.15, 0.2) is 0 Å². The van der Waals surface area contributed by atoms with Crippen LogP contribution in [-0.4, -0.2) is 10.3 Å². The molecule has 1 rings (SSSR count). The number of aromatic nitrogens is 1. The fraction of sp³-hybridized carbons (Fsp3) is 0.417. The molecule has 0 unspecified atom stereocenters. The van der Waals surface area contributed by atoms with Gasteiger partial charge in [0.25, 0.3) is 5.56 Å². The first-order valence-corrected chi connectivity index (χ1v) is 6.00. The summed E-state index contributed by atoms with van der Waals surface area (Å²) in [6, 6.07) is 0. The maximum atomic E-state index is 11.9. The van der Waals surface area contributed by atoms with E-state index in [-0.39, 0.29) is 5.56 Å². The van der Waals surface area contributed by atoms with Gasteiger partial charge < -0.3 is 0 Å². The SMILES string of the molecule is C=Cn1c(SCC)c(C)c(C)c(C)c1=O. The fourth-order valence-electron chi connectivity index (χ4n) is 1.54. The first-order valence-electron chi connectivity index (χ1n) is 5.02. The Morgan fingerprint density at radius 1 is 1.27 bits per heavy atom. The van der Waals surface area contributed by atoms with Gasteiger partial charge in [0.1, 0.15) is 0 Å². The lowest BCUT2D eigenvalue weighted by Crippen LogP contribution is -2.22. The van der Waals surface area contributed by atoms with Crippen LogP contribution in [0, 0.1) is 20.8 Å². The molecule has 0 amide bonds. The summed E-state index contributed by atoms with van der Waals surface area (Å²) < 4.78 is 1.64. The van der Waals surface area contributed by atoms with Crippen molar-refractivity contribution >= 4 is 18.0 Å². The van der Waals surface area contributed by atoms with Crippen molar-refractivity contribution in [2.45, 2.75) is 32.7 Å². The lowest BCUT2D eigenvalue weighted by atomic mass is 10.1. The van der Waals surface area contributed by atoms with Crippen molar-refractivity contribution in [1.29, 1.82) is 0 Å². The molecule has 0 aliphatic rings. The topological polar surface area (TPSA) is 22.0 Å². The van der Waals surface area contributed by atoms with Crippen LogP contribution in [0.5, 0.6) is 0 Å². The standard InChI is InChI=1S/C12H17NOS/c1-6-13-11(14)9(4)8(3)10(5)12(13)15-7-2/h6H,1,7H2,2-5H3. The van der Waals surface area contributed by atoms with E-state index >= 15 is 0 Å². The van der Waals surface area contributed by atoms with Crippen LogP contribution >= 0.6 is 11.8 Å². The van der Waals surface area contributed by atoms with Gasteiger partial charge in [0, 0.05) is 11.8 Å². The smallest absolute Gasteiger partial charge is 0.258 e. The van der Waals surface area contributed by atoms with Crippen LogP contribution in [0.2, 0.25) is 0 Å². The Morgan fingerprint density at radius 2 is 1.87 bits per heavy atom. The van der Waals surface area contributed by atoms with Gasteiger partial charge in [0.2, 0.25) is 0 Å². The van der Waals surface area contributed by atoms with Gasteiger partial charge in [-0.15, -0.1) is 11.8 Å². The Bertz CT molecular complexity index is 446. The molecule has 0 saturated carbocycles. The van der Waals surface area contributed by atoms with Gasteiger partial charge in [0.05, 0.1) is 5.03 Å². The molecule has 82 valence electrons. The number of pyridine rings is 1. The molecule has 0 spiro atoms. The summed E-state index contributed by atoms with van der Waals surface area (Å²) in [4.78, 5) is 11.9. The van der Waals surface area contributed by atoms with Gasteiger partial charge in [-0.1, -0.05) is 13.5 Å². The molecule has 0 saturated heterocycles. The van der Waals surface area contributed by atoms with Crippen LogP contribution in [0.25, 0.3) is 6.20 Å². The molecule has 0 aliphatic heterocycles. The zero-order valence-corrected chi connectivity index (χ0v) is 10.6. The zero-order valence-electron chi connectivity index (χ0n) is 9.76. The minimum Gasteiger partial charge on any atom is -0.278 e. The Labute approximate surface area is 95.0 Å². The summed E-state index contributed by atoms with van der Waals surface area (Å²) >= 11 is 1.68. The third kappa shape index (κ3) is 2.02. The molecule has 0 bridgehead atoms. The van der Waals surface area contributed by atoms with Crippen LogP contribution in [0.3, 0.4) is 0 Å². The highest BCUT2D eigenvalue weighted by molar-refractivity contribution is 7.99. The minimum absolute atomic E-state index is 0.0454. The Morgan fingerprint density at radius 3 is 2.33 bits per heavy atom. The van der Waals surface area contributed by atoms with Crippen molar-refractivity contribution in [1.82, 2.24) is 4.57 Å². The van der Waals surface area contributed by atoms with E-state index < -0.39 is 0 Å². The van der Waals surface area contributed by atoms with Gasteiger partial charge in [-0.05, 0) is 37.7 Å². The van der Waals surface area contributed by atoms with E-state index in [9.17, 15) is 4.79 Å². The molecular weight excluding hydrogens is 206 g/mol. The molecule has 0 radical (unpaired) electrons. The number of thioether (sulfide) groups is 1. The molecule has 1 heterocycles. The fourth-order valence-corrected chi connectivity index (χ4v) is 2.48. The number of hydrogen-bond acceptors (Lipinski definition) is 2. The largest absolute Gasteiger partial charge is 0.278 e. The highest BCUT2D eigenvalue weighted by Gasteiger charge is 2.12. The summed E-state index contributed by atoms with van der Waals surface area (Å²) in [5.74, 6) is 0.955. The van der Waals surface area contributed by atoms with E-state index in [0.29, 0.717) is 0 Å². The second-order valence-electron chi connectivity index (χ2n) is 3.47.